The van der Waals surface area contributed by atoms with Crippen molar-refractivity contribution in [3.63, 3.8) is 0 Å². The molecule has 1 nitrogen and oxygen atoms in total. The molecule has 0 N–H and O–H groups in total. The second-order valence-corrected chi connectivity index (χ2v) is 16.7. The van der Waals surface area contributed by atoms with Crippen molar-refractivity contribution >= 4 is 97.3 Å². The van der Waals surface area contributed by atoms with E-state index in [1.165, 1.54) is 103 Å². The molecular weight excluding hydrogens is 737 g/mol. The average molecular weight is 771 g/mol. The van der Waals surface area contributed by atoms with Gasteiger partial charge < -0.3 is 4.42 Å². The Hall–Kier alpha value is -8.00. The molecule has 0 fully saturated rings. The van der Waals surface area contributed by atoms with Gasteiger partial charge in [-0.2, -0.15) is 0 Å². The van der Waals surface area contributed by atoms with Crippen molar-refractivity contribution in [3.8, 4) is 44.5 Å². The molecule has 1 heteroatoms. The van der Waals surface area contributed by atoms with Gasteiger partial charge in [-0.1, -0.05) is 194 Å². The van der Waals surface area contributed by atoms with Crippen LogP contribution in [0.3, 0.4) is 0 Å². The Morgan fingerprint density at radius 3 is 1.30 bits per heavy atom. The standard InChI is InChI=1S/C60H34O/c1-2-7-35(8-3-1)44-26-20-42-25-30-50-45(27-21-43-24-29-49(44)56(42)57(43)50)37-13-15-38(16-14-37)47-33-34-52(58-53-32-19-36-9-4-5-12-46(36)59(53)61-60(47)58)48-28-22-41-18-17-39-10-6-11-40-23-31-51(48)55(41)54(39)40/h1-34H. The summed E-state index contributed by atoms with van der Waals surface area (Å²) < 4.78 is 7.12. The van der Waals surface area contributed by atoms with Crippen LogP contribution in [0.1, 0.15) is 0 Å². The van der Waals surface area contributed by atoms with Crippen molar-refractivity contribution in [3.05, 3.63) is 206 Å². The molecule has 1 aromatic heterocycles. The van der Waals surface area contributed by atoms with E-state index in [2.05, 4.69) is 206 Å². The van der Waals surface area contributed by atoms with Gasteiger partial charge in [-0.25, -0.2) is 0 Å². The van der Waals surface area contributed by atoms with Gasteiger partial charge in [-0.05, 0) is 121 Å². The molecule has 0 saturated heterocycles. The van der Waals surface area contributed by atoms with Gasteiger partial charge in [0.2, 0.25) is 0 Å². The number of rotatable bonds is 4. The molecule has 0 unspecified atom stereocenters. The van der Waals surface area contributed by atoms with Crippen molar-refractivity contribution < 1.29 is 4.42 Å². The molecule has 0 aliphatic heterocycles. The Labute approximate surface area is 351 Å². The van der Waals surface area contributed by atoms with E-state index in [1.54, 1.807) is 0 Å². The molecule has 14 rings (SSSR count). The number of hydrogen-bond donors (Lipinski definition) is 0. The Morgan fingerprint density at radius 1 is 0.197 bits per heavy atom. The largest absolute Gasteiger partial charge is 0.455 e. The molecule has 61 heavy (non-hydrogen) atoms. The van der Waals surface area contributed by atoms with Crippen LogP contribution in [0.4, 0.5) is 0 Å². The smallest absolute Gasteiger partial charge is 0.143 e. The average Bonchev–Trinajstić information content (AvgIpc) is 3.73. The SMILES string of the molecule is c1ccc(-c2ccc3ccc4c(-c5ccc(-c6ccc(-c7ccc8ccc9cccc%10ccc7c8c9%10)c7c6oc6c8ccccc8ccc67)cc5)ccc5ccc2c3c54)cc1. The third-order valence-corrected chi connectivity index (χ3v) is 13.6. The minimum atomic E-state index is 0.916. The highest BCUT2D eigenvalue weighted by Gasteiger charge is 2.22. The molecule has 0 aliphatic carbocycles. The Morgan fingerprint density at radius 2 is 0.623 bits per heavy atom. The number of furan rings is 1. The van der Waals surface area contributed by atoms with E-state index >= 15 is 0 Å². The molecule has 0 amide bonds. The molecular formula is C60H34O. The van der Waals surface area contributed by atoms with Gasteiger partial charge in [0.05, 0.1) is 0 Å². The van der Waals surface area contributed by atoms with Crippen molar-refractivity contribution in [1.82, 2.24) is 0 Å². The van der Waals surface area contributed by atoms with Crippen LogP contribution in [0.15, 0.2) is 211 Å². The first-order valence-corrected chi connectivity index (χ1v) is 21.2. The zero-order chi connectivity index (χ0) is 39.8. The maximum absolute atomic E-state index is 7.12. The summed E-state index contributed by atoms with van der Waals surface area (Å²) in [6.45, 7) is 0. The van der Waals surface area contributed by atoms with Crippen molar-refractivity contribution in [2.24, 2.45) is 0 Å². The molecule has 14 aromatic rings. The first kappa shape index (κ1) is 32.9. The Balaban J connectivity index is 0.960. The predicted octanol–water partition coefficient (Wildman–Crippen LogP) is 17.2. The van der Waals surface area contributed by atoms with Gasteiger partial charge >= 0.3 is 0 Å². The summed E-state index contributed by atoms with van der Waals surface area (Å²) >= 11 is 0. The third-order valence-electron chi connectivity index (χ3n) is 13.6. The normalized spacial score (nSPS) is 12.3. The molecule has 0 spiro atoms. The zero-order valence-electron chi connectivity index (χ0n) is 33.0. The van der Waals surface area contributed by atoms with Gasteiger partial charge in [0, 0.05) is 21.7 Å². The lowest BCUT2D eigenvalue weighted by atomic mass is 9.86. The molecule has 0 radical (unpaired) electrons. The lowest BCUT2D eigenvalue weighted by Crippen LogP contribution is -1.90. The van der Waals surface area contributed by atoms with E-state index < -0.39 is 0 Å². The van der Waals surface area contributed by atoms with Gasteiger partial charge in [0.25, 0.3) is 0 Å². The molecule has 280 valence electrons. The van der Waals surface area contributed by atoms with Crippen molar-refractivity contribution in [1.29, 1.82) is 0 Å². The fraction of sp³-hybridized carbons (Fsp3) is 0. The first-order chi connectivity index (χ1) is 30.2. The van der Waals surface area contributed by atoms with Crippen LogP contribution in [-0.2, 0) is 0 Å². The summed E-state index contributed by atoms with van der Waals surface area (Å²) in [5.41, 5.74) is 11.4. The first-order valence-electron chi connectivity index (χ1n) is 21.2. The second kappa shape index (κ2) is 12.3. The third kappa shape index (κ3) is 4.61. The van der Waals surface area contributed by atoms with Gasteiger partial charge in [-0.15, -0.1) is 0 Å². The molecule has 0 aliphatic rings. The van der Waals surface area contributed by atoms with Crippen molar-refractivity contribution in [2.45, 2.75) is 0 Å². The van der Waals surface area contributed by atoms with E-state index in [4.69, 9.17) is 4.42 Å². The molecule has 0 atom stereocenters. The monoisotopic (exact) mass is 770 g/mol. The van der Waals surface area contributed by atoms with Crippen LogP contribution < -0.4 is 0 Å². The molecule has 13 aromatic carbocycles. The maximum atomic E-state index is 7.12. The van der Waals surface area contributed by atoms with E-state index in [-0.39, 0.29) is 0 Å². The minimum absolute atomic E-state index is 0.916. The van der Waals surface area contributed by atoms with Crippen LogP contribution in [0.2, 0.25) is 0 Å². The minimum Gasteiger partial charge on any atom is -0.455 e. The number of benzene rings is 13. The van der Waals surface area contributed by atoms with Gasteiger partial charge in [0.15, 0.2) is 0 Å². The Bertz CT molecular complexity index is 4060. The topological polar surface area (TPSA) is 13.1 Å². The highest BCUT2D eigenvalue weighted by atomic mass is 16.3. The maximum Gasteiger partial charge on any atom is 0.143 e. The summed E-state index contributed by atoms with van der Waals surface area (Å²) in [7, 11) is 0. The molecule has 0 saturated carbocycles. The highest BCUT2D eigenvalue weighted by molar-refractivity contribution is 6.29. The fourth-order valence-electron chi connectivity index (χ4n) is 10.8. The quantitative estimate of drug-likeness (QED) is 0.162. The lowest BCUT2D eigenvalue weighted by Gasteiger charge is -2.17. The van der Waals surface area contributed by atoms with Crippen LogP contribution in [0.5, 0.6) is 0 Å². The second-order valence-electron chi connectivity index (χ2n) is 16.7. The summed E-state index contributed by atoms with van der Waals surface area (Å²) in [4.78, 5) is 0. The van der Waals surface area contributed by atoms with E-state index in [9.17, 15) is 0 Å². The number of fused-ring (bicyclic) bond motifs is 5. The molecule has 1 heterocycles. The van der Waals surface area contributed by atoms with Crippen LogP contribution in [0.25, 0.3) is 142 Å². The van der Waals surface area contributed by atoms with Gasteiger partial charge in [-0.3, -0.25) is 0 Å². The van der Waals surface area contributed by atoms with Crippen LogP contribution in [-0.4, -0.2) is 0 Å². The summed E-state index contributed by atoms with van der Waals surface area (Å²) in [6.07, 6.45) is 0. The van der Waals surface area contributed by atoms with Gasteiger partial charge in [0.1, 0.15) is 11.2 Å². The highest BCUT2D eigenvalue weighted by Crippen LogP contribution is 2.48. The fourth-order valence-corrected chi connectivity index (χ4v) is 10.8. The van der Waals surface area contributed by atoms with E-state index in [1.807, 2.05) is 0 Å². The lowest BCUT2D eigenvalue weighted by molar-refractivity contribution is 0.674. The van der Waals surface area contributed by atoms with E-state index in [0.29, 0.717) is 0 Å². The summed E-state index contributed by atoms with van der Waals surface area (Å²) in [5, 5.41) is 20.1. The zero-order valence-corrected chi connectivity index (χ0v) is 33.0. The number of hydrogen-bond acceptors (Lipinski definition) is 1. The van der Waals surface area contributed by atoms with E-state index in [0.717, 1.165) is 38.5 Å². The summed E-state index contributed by atoms with van der Waals surface area (Å²) in [6, 6.07) is 76.2. The predicted molar refractivity (Wildman–Crippen MR) is 260 cm³/mol. The van der Waals surface area contributed by atoms with Crippen LogP contribution >= 0.6 is 0 Å². The van der Waals surface area contributed by atoms with Crippen molar-refractivity contribution in [2.75, 3.05) is 0 Å². The Kier molecular flexibility index (Phi) is 6.62. The van der Waals surface area contributed by atoms with Crippen LogP contribution in [0, 0.1) is 0 Å². The molecule has 0 bridgehead atoms. The summed E-state index contributed by atoms with van der Waals surface area (Å²) in [5.74, 6) is 0.